The predicted octanol–water partition coefficient (Wildman–Crippen LogP) is 2.82. The van der Waals surface area contributed by atoms with E-state index < -0.39 is 0 Å². The third-order valence-corrected chi connectivity index (χ3v) is 4.31. The molecule has 0 saturated carbocycles. The highest BCUT2D eigenvalue weighted by Gasteiger charge is 2.18. The maximum absolute atomic E-state index is 11.9. The predicted molar refractivity (Wildman–Crippen MR) is 80.2 cm³/mol. The van der Waals surface area contributed by atoms with Crippen molar-refractivity contribution in [3.63, 3.8) is 0 Å². The van der Waals surface area contributed by atoms with E-state index in [0.29, 0.717) is 18.9 Å². The van der Waals surface area contributed by atoms with Crippen LogP contribution in [0.3, 0.4) is 0 Å². The molecule has 0 saturated heterocycles. The number of amides is 1. The molecule has 1 aliphatic rings. The lowest BCUT2D eigenvalue weighted by atomic mass is 10.0. The summed E-state index contributed by atoms with van der Waals surface area (Å²) in [6.07, 6.45) is 7.20. The van der Waals surface area contributed by atoms with Crippen molar-refractivity contribution in [2.75, 3.05) is 20.6 Å². The minimum Gasteiger partial charge on any atom is -0.354 e. The van der Waals surface area contributed by atoms with Crippen molar-refractivity contribution in [3.8, 4) is 0 Å². The lowest BCUT2D eigenvalue weighted by molar-refractivity contribution is -0.121. The summed E-state index contributed by atoms with van der Waals surface area (Å²) in [5.74, 6) is 0.609. The molecule has 1 heterocycles. The van der Waals surface area contributed by atoms with Gasteiger partial charge >= 0.3 is 0 Å². The second kappa shape index (κ2) is 6.87. The molecule has 0 aromatic carbocycles. The fourth-order valence-corrected chi connectivity index (χ4v) is 3.16. The lowest BCUT2D eigenvalue weighted by Crippen LogP contribution is -2.34. The molecule has 2 atom stereocenters. The standard InChI is InChI=1S/C15H22N2OS/c1-17(2)14(13-7-8-19-11-13)10-16-15(18)9-12-5-3-4-6-12/h3,5,7-8,11-12,14H,4,6,9-10H2,1-2H3,(H,16,18). The highest BCUT2D eigenvalue weighted by atomic mass is 32.1. The second-order valence-corrected chi connectivity index (χ2v) is 6.09. The molecule has 0 fully saturated rings. The molecule has 1 N–H and O–H groups in total. The fourth-order valence-electron chi connectivity index (χ4n) is 2.45. The van der Waals surface area contributed by atoms with E-state index in [4.69, 9.17) is 0 Å². The van der Waals surface area contributed by atoms with E-state index in [2.05, 4.69) is 39.2 Å². The van der Waals surface area contributed by atoms with Gasteiger partial charge in [0.05, 0.1) is 6.04 Å². The smallest absolute Gasteiger partial charge is 0.220 e. The average Bonchev–Trinajstić information content (AvgIpc) is 3.01. The zero-order valence-electron chi connectivity index (χ0n) is 11.6. The van der Waals surface area contributed by atoms with Crippen LogP contribution in [0.5, 0.6) is 0 Å². The average molecular weight is 278 g/mol. The van der Waals surface area contributed by atoms with E-state index in [1.54, 1.807) is 11.3 Å². The molecule has 4 heteroatoms. The van der Waals surface area contributed by atoms with Crippen LogP contribution in [0.1, 0.15) is 30.9 Å². The van der Waals surface area contributed by atoms with Crippen molar-refractivity contribution in [1.29, 1.82) is 0 Å². The topological polar surface area (TPSA) is 32.3 Å². The minimum atomic E-state index is 0.165. The van der Waals surface area contributed by atoms with Gasteiger partial charge in [-0.3, -0.25) is 4.79 Å². The van der Waals surface area contributed by atoms with Gasteiger partial charge in [-0.2, -0.15) is 11.3 Å². The second-order valence-electron chi connectivity index (χ2n) is 5.31. The van der Waals surface area contributed by atoms with Crippen LogP contribution in [-0.4, -0.2) is 31.4 Å². The van der Waals surface area contributed by atoms with Crippen LogP contribution in [-0.2, 0) is 4.79 Å². The Morgan fingerprint density at radius 3 is 3.00 bits per heavy atom. The molecule has 19 heavy (non-hydrogen) atoms. The van der Waals surface area contributed by atoms with Crippen molar-refractivity contribution in [2.24, 2.45) is 5.92 Å². The van der Waals surface area contributed by atoms with Gasteiger partial charge in [0.1, 0.15) is 0 Å². The van der Waals surface area contributed by atoms with E-state index in [0.717, 1.165) is 12.8 Å². The van der Waals surface area contributed by atoms with E-state index in [1.165, 1.54) is 5.56 Å². The van der Waals surface area contributed by atoms with Crippen LogP contribution in [0.4, 0.5) is 0 Å². The lowest BCUT2D eigenvalue weighted by Gasteiger charge is -2.24. The van der Waals surface area contributed by atoms with Crippen LogP contribution in [0, 0.1) is 5.92 Å². The number of allylic oxidation sites excluding steroid dienone is 2. The molecule has 0 spiro atoms. The fraction of sp³-hybridized carbons (Fsp3) is 0.533. The zero-order chi connectivity index (χ0) is 13.7. The van der Waals surface area contributed by atoms with E-state index in [-0.39, 0.29) is 11.9 Å². The number of thiophene rings is 1. The number of likely N-dealkylation sites (N-methyl/N-ethyl adjacent to an activating group) is 1. The van der Waals surface area contributed by atoms with Crippen molar-refractivity contribution in [3.05, 3.63) is 34.5 Å². The van der Waals surface area contributed by atoms with Gasteiger partial charge in [-0.25, -0.2) is 0 Å². The van der Waals surface area contributed by atoms with Gasteiger partial charge < -0.3 is 10.2 Å². The summed E-state index contributed by atoms with van der Waals surface area (Å²) < 4.78 is 0. The van der Waals surface area contributed by atoms with Gasteiger partial charge in [0, 0.05) is 13.0 Å². The van der Waals surface area contributed by atoms with Crippen molar-refractivity contribution < 1.29 is 4.79 Å². The third-order valence-electron chi connectivity index (χ3n) is 3.60. The summed E-state index contributed by atoms with van der Waals surface area (Å²) in [5.41, 5.74) is 1.27. The largest absolute Gasteiger partial charge is 0.354 e. The first kappa shape index (κ1) is 14.3. The summed E-state index contributed by atoms with van der Waals surface area (Å²) in [7, 11) is 4.10. The van der Waals surface area contributed by atoms with Crippen LogP contribution in [0.15, 0.2) is 29.0 Å². The Morgan fingerprint density at radius 1 is 1.58 bits per heavy atom. The van der Waals surface area contributed by atoms with Gasteiger partial charge in [-0.15, -0.1) is 0 Å². The van der Waals surface area contributed by atoms with E-state index in [1.807, 2.05) is 14.1 Å². The van der Waals surface area contributed by atoms with E-state index in [9.17, 15) is 4.79 Å². The molecule has 2 rings (SSSR count). The Balaban J connectivity index is 1.81. The monoisotopic (exact) mass is 278 g/mol. The minimum absolute atomic E-state index is 0.165. The molecule has 2 unspecified atom stereocenters. The first-order valence-electron chi connectivity index (χ1n) is 6.78. The molecule has 1 aliphatic carbocycles. The van der Waals surface area contributed by atoms with Gasteiger partial charge in [-0.05, 0) is 55.2 Å². The summed E-state index contributed by atoms with van der Waals surface area (Å²) in [6.45, 7) is 0.680. The number of nitrogens with one attached hydrogen (secondary N) is 1. The van der Waals surface area contributed by atoms with E-state index >= 15 is 0 Å². The van der Waals surface area contributed by atoms with Crippen LogP contribution >= 0.6 is 11.3 Å². The number of carbonyl (C=O) groups excluding carboxylic acids is 1. The number of hydrogen-bond donors (Lipinski definition) is 1. The summed E-state index contributed by atoms with van der Waals surface area (Å²) in [4.78, 5) is 14.1. The third kappa shape index (κ3) is 4.18. The Kier molecular flexibility index (Phi) is 5.16. The molecular formula is C15H22N2OS. The number of nitrogens with zero attached hydrogens (tertiary/aromatic N) is 1. The molecule has 1 amide bonds. The molecule has 1 aromatic heterocycles. The Labute approximate surface area is 119 Å². The summed E-state index contributed by atoms with van der Waals surface area (Å²) in [5, 5.41) is 7.30. The molecule has 3 nitrogen and oxygen atoms in total. The Hall–Kier alpha value is -1.13. The highest BCUT2D eigenvalue weighted by Crippen LogP contribution is 2.22. The number of hydrogen-bond acceptors (Lipinski definition) is 3. The normalized spacial score (nSPS) is 19.8. The van der Waals surface area contributed by atoms with Crippen molar-refractivity contribution in [2.45, 2.75) is 25.3 Å². The first-order valence-corrected chi connectivity index (χ1v) is 7.73. The maximum Gasteiger partial charge on any atom is 0.220 e. The zero-order valence-corrected chi connectivity index (χ0v) is 12.5. The van der Waals surface area contributed by atoms with Crippen LogP contribution < -0.4 is 5.32 Å². The van der Waals surface area contributed by atoms with Gasteiger partial charge in [0.25, 0.3) is 0 Å². The number of carbonyl (C=O) groups is 1. The molecular weight excluding hydrogens is 256 g/mol. The van der Waals surface area contributed by atoms with Gasteiger partial charge in [-0.1, -0.05) is 12.2 Å². The highest BCUT2D eigenvalue weighted by molar-refractivity contribution is 7.07. The SMILES string of the molecule is CN(C)C(CNC(=O)CC1C=CCC1)c1ccsc1. The molecule has 0 aliphatic heterocycles. The quantitative estimate of drug-likeness (QED) is 0.812. The molecule has 0 bridgehead atoms. The molecule has 0 radical (unpaired) electrons. The Bertz CT molecular complexity index is 425. The van der Waals surface area contributed by atoms with Crippen LogP contribution in [0.2, 0.25) is 0 Å². The summed E-state index contributed by atoms with van der Waals surface area (Å²) in [6, 6.07) is 2.38. The molecule has 104 valence electrons. The van der Waals surface area contributed by atoms with Gasteiger partial charge in [0.2, 0.25) is 5.91 Å². The first-order chi connectivity index (χ1) is 9.16. The number of rotatable bonds is 6. The van der Waals surface area contributed by atoms with Crippen LogP contribution in [0.25, 0.3) is 0 Å². The maximum atomic E-state index is 11.9. The Morgan fingerprint density at radius 2 is 2.42 bits per heavy atom. The van der Waals surface area contributed by atoms with Crippen molar-refractivity contribution >= 4 is 17.2 Å². The van der Waals surface area contributed by atoms with Crippen molar-refractivity contribution in [1.82, 2.24) is 10.2 Å². The molecule has 1 aromatic rings. The van der Waals surface area contributed by atoms with Gasteiger partial charge in [0.15, 0.2) is 0 Å². The summed E-state index contributed by atoms with van der Waals surface area (Å²) >= 11 is 1.70.